The Balaban J connectivity index is 2.10. The lowest BCUT2D eigenvalue weighted by Gasteiger charge is -2.25. The van der Waals surface area contributed by atoms with Crippen LogP contribution in [-0.4, -0.2) is 37.3 Å². The first-order chi connectivity index (χ1) is 9.50. The van der Waals surface area contributed by atoms with E-state index in [1.165, 1.54) is 11.8 Å². The minimum atomic E-state index is -3.35. The van der Waals surface area contributed by atoms with E-state index in [1.807, 2.05) is 0 Å². The van der Waals surface area contributed by atoms with Crippen LogP contribution in [0, 0.1) is 0 Å². The van der Waals surface area contributed by atoms with Crippen molar-refractivity contribution in [3.05, 3.63) is 24.3 Å². The lowest BCUT2D eigenvalue weighted by molar-refractivity contribution is -0.114. The fourth-order valence-corrected chi connectivity index (χ4v) is 4.36. The van der Waals surface area contributed by atoms with E-state index in [0.717, 1.165) is 24.2 Å². The smallest absolute Gasteiger partial charge is 0.243 e. The number of hydrogen-bond acceptors (Lipinski definition) is 4. The SMILES string of the molecule is CC(=O)CSc1ccc(S(=O)(=O)N2CCCCC2)cc1. The Bertz CT molecular complexity index is 561. The van der Waals surface area contributed by atoms with Crippen LogP contribution in [0.15, 0.2) is 34.1 Å². The van der Waals surface area contributed by atoms with E-state index in [4.69, 9.17) is 0 Å². The number of Topliss-reactive ketones (excluding diaryl/α,β-unsaturated/α-hetero) is 1. The first-order valence-corrected chi connectivity index (χ1v) is 9.15. The zero-order chi connectivity index (χ0) is 14.6. The minimum Gasteiger partial charge on any atom is -0.299 e. The Hall–Kier alpha value is -0.850. The van der Waals surface area contributed by atoms with Gasteiger partial charge in [0.2, 0.25) is 10.0 Å². The molecule has 0 aliphatic carbocycles. The molecule has 0 spiro atoms. The second-order valence-electron chi connectivity index (χ2n) is 4.93. The van der Waals surface area contributed by atoms with Gasteiger partial charge in [0.05, 0.1) is 10.6 Å². The van der Waals surface area contributed by atoms with Gasteiger partial charge in [-0.05, 0) is 44.0 Å². The normalized spacial score (nSPS) is 17.1. The van der Waals surface area contributed by atoms with E-state index in [0.29, 0.717) is 23.7 Å². The van der Waals surface area contributed by atoms with Crippen molar-refractivity contribution in [3.8, 4) is 0 Å². The molecule has 2 rings (SSSR count). The van der Waals surface area contributed by atoms with Crippen LogP contribution < -0.4 is 0 Å². The second kappa shape index (κ2) is 6.74. The lowest BCUT2D eigenvalue weighted by atomic mass is 10.2. The molecular formula is C14H19NO3S2. The molecule has 0 amide bonds. The predicted octanol–water partition coefficient (Wildman–Crippen LogP) is 2.54. The van der Waals surface area contributed by atoms with Crippen LogP contribution in [0.25, 0.3) is 0 Å². The predicted molar refractivity (Wildman–Crippen MR) is 80.5 cm³/mol. The van der Waals surface area contributed by atoms with Gasteiger partial charge in [0.15, 0.2) is 0 Å². The van der Waals surface area contributed by atoms with E-state index in [9.17, 15) is 13.2 Å². The Morgan fingerprint density at radius 1 is 1.15 bits per heavy atom. The number of hydrogen-bond donors (Lipinski definition) is 0. The van der Waals surface area contributed by atoms with Gasteiger partial charge in [-0.25, -0.2) is 8.42 Å². The summed E-state index contributed by atoms with van der Waals surface area (Å²) in [4.78, 5) is 12.2. The second-order valence-corrected chi connectivity index (χ2v) is 7.91. The molecule has 0 N–H and O–H groups in total. The quantitative estimate of drug-likeness (QED) is 0.784. The summed E-state index contributed by atoms with van der Waals surface area (Å²) < 4.78 is 26.4. The molecule has 1 aromatic rings. The molecular weight excluding hydrogens is 294 g/mol. The minimum absolute atomic E-state index is 0.111. The molecule has 1 heterocycles. The van der Waals surface area contributed by atoms with Crippen LogP contribution in [0.1, 0.15) is 26.2 Å². The van der Waals surface area contributed by atoms with Crippen LogP contribution in [0.2, 0.25) is 0 Å². The third-order valence-electron chi connectivity index (χ3n) is 3.22. The molecule has 1 aliphatic rings. The highest BCUT2D eigenvalue weighted by Gasteiger charge is 2.25. The first-order valence-electron chi connectivity index (χ1n) is 6.72. The molecule has 0 aromatic heterocycles. The van der Waals surface area contributed by atoms with Crippen molar-refractivity contribution in [2.45, 2.75) is 36.0 Å². The largest absolute Gasteiger partial charge is 0.299 e. The molecule has 0 unspecified atom stereocenters. The molecule has 0 radical (unpaired) electrons. The maximum absolute atomic E-state index is 12.4. The highest BCUT2D eigenvalue weighted by atomic mass is 32.2. The summed E-state index contributed by atoms with van der Waals surface area (Å²) in [5.41, 5.74) is 0. The van der Waals surface area contributed by atoms with Crippen molar-refractivity contribution in [3.63, 3.8) is 0 Å². The summed E-state index contributed by atoms with van der Waals surface area (Å²) in [6.45, 7) is 2.77. The van der Waals surface area contributed by atoms with Crippen molar-refractivity contribution in [2.75, 3.05) is 18.8 Å². The van der Waals surface area contributed by atoms with Gasteiger partial charge >= 0.3 is 0 Å². The summed E-state index contributed by atoms with van der Waals surface area (Å²) in [7, 11) is -3.35. The van der Waals surface area contributed by atoms with Gasteiger partial charge in [0, 0.05) is 18.0 Å². The number of thioether (sulfide) groups is 1. The average molecular weight is 313 g/mol. The van der Waals surface area contributed by atoms with Crippen molar-refractivity contribution in [1.29, 1.82) is 0 Å². The van der Waals surface area contributed by atoms with E-state index >= 15 is 0 Å². The Morgan fingerprint density at radius 3 is 2.30 bits per heavy atom. The number of piperidine rings is 1. The van der Waals surface area contributed by atoms with Crippen LogP contribution >= 0.6 is 11.8 Å². The molecule has 20 heavy (non-hydrogen) atoms. The number of nitrogens with zero attached hydrogens (tertiary/aromatic N) is 1. The zero-order valence-electron chi connectivity index (χ0n) is 11.5. The van der Waals surface area contributed by atoms with Gasteiger partial charge in [-0.15, -0.1) is 11.8 Å². The van der Waals surface area contributed by atoms with Gasteiger partial charge in [-0.2, -0.15) is 4.31 Å². The summed E-state index contributed by atoms with van der Waals surface area (Å²) in [5, 5.41) is 0. The maximum atomic E-state index is 12.4. The van der Waals surface area contributed by atoms with Crippen molar-refractivity contribution >= 4 is 27.6 Å². The van der Waals surface area contributed by atoms with Crippen molar-refractivity contribution < 1.29 is 13.2 Å². The first kappa shape index (κ1) is 15.5. The standard InChI is InChI=1S/C14H19NO3S2/c1-12(16)11-19-13-5-7-14(8-6-13)20(17,18)15-9-3-2-4-10-15/h5-8H,2-4,9-11H2,1H3. The molecule has 0 saturated carbocycles. The van der Waals surface area contributed by atoms with Crippen LogP contribution in [-0.2, 0) is 14.8 Å². The molecule has 4 nitrogen and oxygen atoms in total. The number of carbonyl (C=O) groups excluding carboxylic acids is 1. The number of rotatable bonds is 5. The molecule has 0 atom stereocenters. The molecule has 1 aromatic carbocycles. The third-order valence-corrected chi connectivity index (χ3v) is 6.29. The van der Waals surface area contributed by atoms with Crippen molar-refractivity contribution in [1.82, 2.24) is 4.31 Å². The maximum Gasteiger partial charge on any atom is 0.243 e. The fraction of sp³-hybridized carbons (Fsp3) is 0.500. The topological polar surface area (TPSA) is 54.5 Å². The summed E-state index contributed by atoms with van der Waals surface area (Å²) in [6.07, 6.45) is 2.98. The monoisotopic (exact) mass is 313 g/mol. The van der Waals surface area contributed by atoms with Gasteiger partial charge < -0.3 is 0 Å². The van der Waals surface area contributed by atoms with E-state index in [1.54, 1.807) is 35.5 Å². The van der Waals surface area contributed by atoms with E-state index in [-0.39, 0.29) is 5.78 Å². The molecule has 1 fully saturated rings. The molecule has 6 heteroatoms. The highest BCUT2D eigenvalue weighted by Crippen LogP contribution is 2.24. The van der Waals surface area contributed by atoms with E-state index < -0.39 is 10.0 Å². The number of carbonyl (C=O) groups is 1. The summed E-state index contributed by atoms with van der Waals surface area (Å²) in [6, 6.07) is 6.80. The van der Waals surface area contributed by atoms with E-state index in [2.05, 4.69) is 0 Å². The lowest BCUT2D eigenvalue weighted by Crippen LogP contribution is -2.35. The van der Waals surface area contributed by atoms with Gasteiger partial charge in [-0.3, -0.25) is 4.79 Å². The number of benzene rings is 1. The van der Waals surface area contributed by atoms with Crippen LogP contribution in [0.4, 0.5) is 0 Å². The van der Waals surface area contributed by atoms with Gasteiger partial charge in [0.25, 0.3) is 0 Å². The Morgan fingerprint density at radius 2 is 1.75 bits per heavy atom. The van der Waals surface area contributed by atoms with Crippen LogP contribution in [0.5, 0.6) is 0 Å². The fourth-order valence-electron chi connectivity index (χ4n) is 2.15. The highest BCUT2D eigenvalue weighted by molar-refractivity contribution is 8.00. The van der Waals surface area contributed by atoms with Gasteiger partial charge in [-0.1, -0.05) is 6.42 Å². The van der Waals surface area contributed by atoms with Crippen molar-refractivity contribution in [2.24, 2.45) is 0 Å². The number of ketones is 1. The summed E-state index contributed by atoms with van der Waals surface area (Å²) >= 11 is 1.43. The average Bonchev–Trinajstić information content (AvgIpc) is 2.46. The van der Waals surface area contributed by atoms with Gasteiger partial charge in [0.1, 0.15) is 5.78 Å². The molecule has 1 aliphatic heterocycles. The summed E-state index contributed by atoms with van der Waals surface area (Å²) in [5.74, 6) is 0.526. The number of sulfonamides is 1. The molecule has 0 bridgehead atoms. The van der Waals surface area contributed by atoms with Crippen LogP contribution in [0.3, 0.4) is 0 Å². The molecule has 110 valence electrons. The zero-order valence-corrected chi connectivity index (χ0v) is 13.2. The third kappa shape index (κ3) is 3.84. The molecule has 1 saturated heterocycles. The Kier molecular flexibility index (Phi) is 5.23. The Labute approximate surface area is 124 Å².